The van der Waals surface area contributed by atoms with E-state index >= 15 is 0 Å². The maximum Gasteiger partial charge on any atom is 0.0474 e. The third-order valence-electron chi connectivity index (χ3n) is 2.49. The van der Waals surface area contributed by atoms with E-state index < -0.39 is 0 Å². The van der Waals surface area contributed by atoms with Gasteiger partial charge in [-0.1, -0.05) is 40.2 Å². The summed E-state index contributed by atoms with van der Waals surface area (Å²) in [5, 5.41) is 3.38. The summed E-state index contributed by atoms with van der Waals surface area (Å²) in [5.74, 6) is 0.561. The Hall–Kier alpha value is -0.990. The summed E-state index contributed by atoms with van der Waals surface area (Å²) in [6, 6.07) is 16.5. The van der Waals surface area contributed by atoms with Crippen LogP contribution in [0.25, 0.3) is 0 Å². The van der Waals surface area contributed by atoms with Crippen molar-refractivity contribution in [3.63, 3.8) is 0 Å². The van der Waals surface area contributed by atoms with Gasteiger partial charge in [-0.25, -0.2) is 0 Å². The number of anilines is 1. The van der Waals surface area contributed by atoms with Gasteiger partial charge in [-0.3, -0.25) is 0 Å². The molecule has 0 atom stereocenters. The van der Waals surface area contributed by atoms with Crippen molar-refractivity contribution in [1.82, 2.24) is 0 Å². The summed E-state index contributed by atoms with van der Waals surface area (Å²) in [4.78, 5) is 0. The molecule has 0 unspecified atom stereocenters. The van der Waals surface area contributed by atoms with Gasteiger partial charge in [0, 0.05) is 22.6 Å². The third-order valence-corrected chi connectivity index (χ3v) is 3.30. The second-order valence-corrected chi connectivity index (χ2v) is 5.00. The van der Waals surface area contributed by atoms with E-state index in [1.807, 2.05) is 24.3 Å². The van der Waals surface area contributed by atoms with Gasteiger partial charge in [0.2, 0.25) is 0 Å². The van der Waals surface area contributed by atoms with E-state index in [9.17, 15) is 0 Å². The average Bonchev–Trinajstić information content (AvgIpc) is 2.37. The Kier molecular flexibility index (Phi) is 4.46. The molecule has 0 saturated heterocycles. The van der Waals surface area contributed by atoms with Crippen LogP contribution in [0.1, 0.15) is 11.1 Å². The van der Waals surface area contributed by atoms with Gasteiger partial charge in [-0.15, -0.1) is 11.6 Å². The molecule has 88 valence electrons. The Morgan fingerprint density at radius 3 is 2.41 bits per heavy atom. The van der Waals surface area contributed by atoms with Crippen molar-refractivity contribution in [1.29, 1.82) is 0 Å². The minimum atomic E-state index is 0.561. The van der Waals surface area contributed by atoms with Crippen LogP contribution in [0.3, 0.4) is 0 Å². The highest BCUT2D eigenvalue weighted by atomic mass is 79.9. The fraction of sp³-hybridized carbons (Fsp3) is 0.143. The number of rotatable bonds is 4. The van der Waals surface area contributed by atoms with Crippen LogP contribution in [0.2, 0.25) is 0 Å². The molecule has 0 aliphatic carbocycles. The van der Waals surface area contributed by atoms with Crippen molar-refractivity contribution in [2.45, 2.75) is 12.4 Å². The smallest absolute Gasteiger partial charge is 0.0474 e. The van der Waals surface area contributed by atoms with Gasteiger partial charge in [-0.05, 0) is 35.4 Å². The van der Waals surface area contributed by atoms with Gasteiger partial charge in [0.05, 0.1) is 0 Å². The van der Waals surface area contributed by atoms with Crippen molar-refractivity contribution in [3.05, 3.63) is 64.1 Å². The van der Waals surface area contributed by atoms with Crippen molar-refractivity contribution < 1.29 is 0 Å². The van der Waals surface area contributed by atoms with Gasteiger partial charge in [0.25, 0.3) is 0 Å². The molecule has 0 heterocycles. The van der Waals surface area contributed by atoms with Crippen LogP contribution >= 0.6 is 27.5 Å². The lowest BCUT2D eigenvalue weighted by atomic mass is 10.2. The molecule has 2 aromatic rings. The SMILES string of the molecule is ClCc1ccc(NCc2cccc(Br)c2)cc1. The number of benzene rings is 2. The summed E-state index contributed by atoms with van der Waals surface area (Å²) >= 11 is 9.21. The average molecular weight is 311 g/mol. The van der Waals surface area contributed by atoms with E-state index in [4.69, 9.17) is 11.6 Å². The normalized spacial score (nSPS) is 10.2. The zero-order chi connectivity index (χ0) is 12.1. The van der Waals surface area contributed by atoms with E-state index in [-0.39, 0.29) is 0 Å². The topological polar surface area (TPSA) is 12.0 Å². The maximum atomic E-state index is 5.74. The maximum absolute atomic E-state index is 5.74. The first-order valence-corrected chi connectivity index (χ1v) is 6.74. The predicted molar refractivity (Wildman–Crippen MR) is 77.5 cm³/mol. The first-order valence-electron chi connectivity index (χ1n) is 5.41. The van der Waals surface area contributed by atoms with Crippen molar-refractivity contribution in [3.8, 4) is 0 Å². The lowest BCUT2D eigenvalue weighted by Crippen LogP contribution is -1.99. The minimum Gasteiger partial charge on any atom is -0.381 e. The van der Waals surface area contributed by atoms with Crippen LogP contribution in [0.4, 0.5) is 5.69 Å². The van der Waals surface area contributed by atoms with Crippen LogP contribution in [-0.2, 0) is 12.4 Å². The lowest BCUT2D eigenvalue weighted by molar-refractivity contribution is 1.14. The van der Waals surface area contributed by atoms with Crippen LogP contribution in [-0.4, -0.2) is 0 Å². The lowest BCUT2D eigenvalue weighted by Gasteiger charge is -2.07. The van der Waals surface area contributed by atoms with E-state index in [1.54, 1.807) is 0 Å². The second-order valence-electron chi connectivity index (χ2n) is 3.81. The van der Waals surface area contributed by atoms with Gasteiger partial charge >= 0.3 is 0 Å². The Bertz CT molecular complexity index is 482. The fourth-order valence-electron chi connectivity index (χ4n) is 1.56. The molecule has 0 fully saturated rings. The molecule has 0 radical (unpaired) electrons. The van der Waals surface area contributed by atoms with E-state index in [1.165, 1.54) is 5.56 Å². The summed E-state index contributed by atoms with van der Waals surface area (Å²) < 4.78 is 1.11. The number of nitrogens with one attached hydrogen (secondary N) is 1. The Morgan fingerprint density at radius 2 is 1.76 bits per heavy atom. The second kappa shape index (κ2) is 6.08. The minimum absolute atomic E-state index is 0.561. The highest BCUT2D eigenvalue weighted by molar-refractivity contribution is 9.10. The molecular formula is C14H13BrClN. The monoisotopic (exact) mass is 309 g/mol. The van der Waals surface area contributed by atoms with Crippen LogP contribution in [0, 0.1) is 0 Å². The third kappa shape index (κ3) is 3.76. The number of hydrogen-bond acceptors (Lipinski definition) is 1. The van der Waals surface area contributed by atoms with Gasteiger partial charge in [-0.2, -0.15) is 0 Å². The Balaban J connectivity index is 1.97. The molecule has 1 nitrogen and oxygen atoms in total. The molecule has 2 aromatic carbocycles. The standard InChI is InChI=1S/C14H13BrClN/c15-13-3-1-2-12(8-13)10-17-14-6-4-11(9-16)5-7-14/h1-8,17H,9-10H2. The molecule has 2 rings (SSSR count). The Labute approximate surface area is 115 Å². The summed E-state index contributed by atoms with van der Waals surface area (Å²) in [6.07, 6.45) is 0. The molecule has 0 aliphatic heterocycles. The molecule has 3 heteroatoms. The van der Waals surface area contributed by atoms with E-state index in [0.717, 1.165) is 22.3 Å². The molecule has 0 saturated carbocycles. The highest BCUT2D eigenvalue weighted by Gasteiger charge is 1.95. The van der Waals surface area contributed by atoms with Crippen molar-refractivity contribution in [2.75, 3.05) is 5.32 Å². The van der Waals surface area contributed by atoms with Crippen molar-refractivity contribution >= 4 is 33.2 Å². The molecule has 0 amide bonds. The summed E-state index contributed by atoms with van der Waals surface area (Å²) in [7, 11) is 0. The highest BCUT2D eigenvalue weighted by Crippen LogP contribution is 2.15. The molecule has 1 N–H and O–H groups in total. The van der Waals surface area contributed by atoms with Crippen LogP contribution < -0.4 is 5.32 Å². The first kappa shape index (κ1) is 12.5. The summed E-state index contributed by atoms with van der Waals surface area (Å²) in [6.45, 7) is 0.819. The summed E-state index contributed by atoms with van der Waals surface area (Å²) in [5.41, 5.74) is 3.50. The van der Waals surface area contributed by atoms with Crippen molar-refractivity contribution in [2.24, 2.45) is 0 Å². The molecule has 0 spiro atoms. The van der Waals surface area contributed by atoms with Gasteiger partial charge in [0.1, 0.15) is 0 Å². The molecule has 17 heavy (non-hydrogen) atoms. The largest absolute Gasteiger partial charge is 0.381 e. The van der Waals surface area contributed by atoms with E-state index in [2.05, 4.69) is 45.5 Å². The fourth-order valence-corrected chi connectivity index (χ4v) is 2.19. The number of halogens is 2. The van der Waals surface area contributed by atoms with Gasteiger partial charge in [0.15, 0.2) is 0 Å². The van der Waals surface area contributed by atoms with Crippen LogP contribution in [0.5, 0.6) is 0 Å². The van der Waals surface area contributed by atoms with Crippen LogP contribution in [0.15, 0.2) is 53.0 Å². The molecular weight excluding hydrogens is 298 g/mol. The number of alkyl halides is 1. The molecule has 0 aliphatic rings. The Morgan fingerprint density at radius 1 is 1.00 bits per heavy atom. The van der Waals surface area contributed by atoms with E-state index in [0.29, 0.717) is 5.88 Å². The first-order chi connectivity index (χ1) is 8.28. The predicted octanol–water partition coefficient (Wildman–Crippen LogP) is 4.80. The molecule has 0 aromatic heterocycles. The number of hydrogen-bond donors (Lipinski definition) is 1. The quantitative estimate of drug-likeness (QED) is 0.800. The van der Waals surface area contributed by atoms with Gasteiger partial charge < -0.3 is 5.32 Å². The zero-order valence-electron chi connectivity index (χ0n) is 9.29. The molecule has 0 bridgehead atoms. The zero-order valence-corrected chi connectivity index (χ0v) is 11.6.